The first-order chi connectivity index (χ1) is 17.4. The Morgan fingerprint density at radius 1 is 1.06 bits per heavy atom. The topological polar surface area (TPSA) is 178 Å². The maximum absolute atomic E-state index is 12.4. The zero-order valence-corrected chi connectivity index (χ0v) is 19.6. The normalized spacial score (nSPS) is 10.8. The van der Waals surface area contributed by atoms with Gasteiger partial charge in [0.15, 0.2) is 11.6 Å². The molecule has 0 atom stereocenters. The Hall–Kier alpha value is -4.55. The number of amides is 2. The molecule has 3 aromatic rings. The zero-order chi connectivity index (χ0) is 25.9. The Bertz CT molecular complexity index is 1230. The fourth-order valence-electron chi connectivity index (χ4n) is 3.04. The van der Waals surface area contributed by atoms with E-state index in [4.69, 9.17) is 20.9 Å². The molecule has 2 aromatic carbocycles. The summed E-state index contributed by atoms with van der Waals surface area (Å²) in [6.07, 6.45) is -0.492. The predicted molar refractivity (Wildman–Crippen MR) is 134 cm³/mol. The first-order valence-electron chi connectivity index (χ1n) is 10.9. The summed E-state index contributed by atoms with van der Waals surface area (Å²) < 4.78 is 10.8. The van der Waals surface area contributed by atoms with E-state index < -0.39 is 6.09 Å². The van der Waals surface area contributed by atoms with E-state index in [0.29, 0.717) is 22.7 Å². The fourth-order valence-corrected chi connectivity index (χ4v) is 3.04. The van der Waals surface area contributed by atoms with Crippen LogP contribution < -0.4 is 26.4 Å². The van der Waals surface area contributed by atoms with Crippen molar-refractivity contribution in [3.8, 4) is 5.75 Å². The molecule has 36 heavy (non-hydrogen) atoms. The Kier molecular flexibility index (Phi) is 9.26. The SMILES string of the molecule is CN(C(=O)OCOc1ccccc1N=Nc1ccc(NC(=O)CCN)nc1N)c1ccccc1CO. The second-order valence-electron chi connectivity index (χ2n) is 7.37. The van der Waals surface area contributed by atoms with Crippen molar-refractivity contribution >= 4 is 40.7 Å². The first-order valence-corrected chi connectivity index (χ1v) is 10.9. The Morgan fingerprint density at radius 3 is 2.53 bits per heavy atom. The maximum Gasteiger partial charge on any atom is 0.416 e. The lowest BCUT2D eigenvalue weighted by Crippen LogP contribution is -2.29. The summed E-state index contributed by atoms with van der Waals surface area (Å²) in [5.41, 5.74) is 13.1. The molecule has 2 amide bonds. The van der Waals surface area contributed by atoms with Gasteiger partial charge >= 0.3 is 6.09 Å². The summed E-state index contributed by atoms with van der Waals surface area (Å²) in [6, 6.07) is 16.8. The van der Waals surface area contributed by atoms with E-state index in [1.807, 2.05) is 0 Å². The van der Waals surface area contributed by atoms with Crippen LogP contribution in [0.4, 0.5) is 33.5 Å². The number of ether oxygens (including phenoxy) is 2. The number of pyridine rings is 1. The molecule has 0 radical (unpaired) electrons. The predicted octanol–water partition coefficient (Wildman–Crippen LogP) is 3.47. The van der Waals surface area contributed by atoms with Gasteiger partial charge in [0, 0.05) is 25.6 Å². The van der Waals surface area contributed by atoms with Crippen LogP contribution in [0.15, 0.2) is 70.9 Å². The van der Waals surface area contributed by atoms with E-state index in [1.54, 1.807) is 60.7 Å². The molecular weight excluding hydrogens is 466 g/mol. The number of anilines is 3. The minimum absolute atomic E-state index is 0.0721. The molecule has 1 aromatic heterocycles. The number of hydrogen-bond acceptors (Lipinski definition) is 10. The van der Waals surface area contributed by atoms with Gasteiger partial charge in [-0.15, -0.1) is 10.2 Å². The van der Waals surface area contributed by atoms with Crippen molar-refractivity contribution in [2.75, 3.05) is 36.3 Å². The van der Waals surface area contributed by atoms with Gasteiger partial charge in [0.1, 0.15) is 17.2 Å². The molecule has 6 N–H and O–H groups in total. The number of nitrogens with two attached hydrogens (primary N) is 2. The van der Waals surface area contributed by atoms with Gasteiger partial charge < -0.3 is 31.4 Å². The summed E-state index contributed by atoms with van der Waals surface area (Å²) in [5.74, 6) is 0.406. The van der Waals surface area contributed by atoms with Crippen LogP contribution in [0.3, 0.4) is 0 Å². The van der Waals surface area contributed by atoms with Gasteiger partial charge in [0.2, 0.25) is 12.7 Å². The number of aromatic nitrogens is 1. The second-order valence-corrected chi connectivity index (χ2v) is 7.37. The third-order valence-corrected chi connectivity index (χ3v) is 4.87. The third-order valence-electron chi connectivity index (χ3n) is 4.87. The van der Waals surface area contributed by atoms with Crippen LogP contribution in [0, 0.1) is 0 Å². The van der Waals surface area contributed by atoms with Crippen LogP contribution in [0.1, 0.15) is 12.0 Å². The Morgan fingerprint density at radius 2 is 1.78 bits per heavy atom. The van der Waals surface area contributed by atoms with Crippen molar-refractivity contribution in [2.45, 2.75) is 13.0 Å². The number of nitrogen functional groups attached to an aromatic ring is 1. The number of aliphatic hydroxyl groups is 1. The number of carbonyl (C=O) groups excluding carboxylic acids is 2. The molecule has 0 saturated carbocycles. The van der Waals surface area contributed by atoms with E-state index in [1.165, 1.54) is 11.9 Å². The molecule has 12 nitrogen and oxygen atoms in total. The van der Waals surface area contributed by atoms with Crippen molar-refractivity contribution < 1.29 is 24.2 Å². The van der Waals surface area contributed by atoms with Gasteiger partial charge in [-0.05, 0) is 30.3 Å². The average molecular weight is 494 g/mol. The first kappa shape index (κ1) is 26.1. The lowest BCUT2D eigenvalue weighted by atomic mass is 10.2. The standard InChI is InChI=1S/C24H27N7O5/c1-31(19-8-4-2-6-16(19)14-32)24(34)36-15-35-20-9-5-3-7-17(20)29-30-18-10-11-21(28-23(18)26)27-22(33)12-13-25/h2-11,32H,12-15,25H2,1H3,(H3,26,27,28,33). The largest absolute Gasteiger partial charge is 0.455 e. The number of para-hydroxylation sites is 2. The van der Waals surface area contributed by atoms with Crippen LogP contribution in [0.25, 0.3) is 0 Å². The van der Waals surface area contributed by atoms with Gasteiger partial charge in [-0.25, -0.2) is 9.78 Å². The van der Waals surface area contributed by atoms with Crippen molar-refractivity contribution in [2.24, 2.45) is 16.0 Å². The van der Waals surface area contributed by atoms with Crippen molar-refractivity contribution in [3.63, 3.8) is 0 Å². The molecule has 12 heteroatoms. The number of nitrogens with zero attached hydrogens (tertiary/aromatic N) is 4. The summed E-state index contributed by atoms with van der Waals surface area (Å²) >= 11 is 0. The molecule has 0 saturated heterocycles. The maximum atomic E-state index is 12.4. The van der Waals surface area contributed by atoms with E-state index in [2.05, 4.69) is 20.5 Å². The number of aliphatic hydroxyl groups excluding tert-OH is 1. The highest BCUT2D eigenvalue weighted by Gasteiger charge is 2.16. The van der Waals surface area contributed by atoms with Gasteiger partial charge in [-0.2, -0.15) is 0 Å². The highest BCUT2D eigenvalue weighted by atomic mass is 16.7. The summed E-state index contributed by atoms with van der Waals surface area (Å²) in [4.78, 5) is 29.4. The second kappa shape index (κ2) is 12.8. The van der Waals surface area contributed by atoms with Gasteiger partial charge in [-0.1, -0.05) is 30.3 Å². The lowest BCUT2D eigenvalue weighted by molar-refractivity contribution is -0.116. The molecule has 1 heterocycles. The molecule has 0 aliphatic rings. The number of nitrogens with one attached hydrogen (secondary N) is 1. The molecular formula is C24H27N7O5. The summed E-state index contributed by atoms with van der Waals surface area (Å²) in [7, 11) is 1.53. The summed E-state index contributed by atoms with van der Waals surface area (Å²) in [6.45, 7) is -0.366. The Labute approximate surface area is 207 Å². The minimum Gasteiger partial charge on any atom is -0.455 e. The third kappa shape index (κ3) is 6.98. The van der Waals surface area contributed by atoms with Crippen molar-refractivity contribution in [1.29, 1.82) is 0 Å². The van der Waals surface area contributed by atoms with E-state index in [9.17, 15) is 14.7 Å². The van der Waals surface area contributed by atoms with Crippen LogP contribution in [0.5, 0.6) is 5.75 Å². The van der Waals surface area contributed by atoms with Crippen LogP contribution in [0.2, 0.25) is 0 Å². The van der Waals surface area contributed by atoms with Crippen LogP contribution >= 0.6 is 0 Å². The number of rotatable bonds is 10. The summed E-state index contributed by atoms with van der Waals surface area (Å²) in [5, 5.41) is 20.3. The smallest absolute Gasteiger partial charge is 0.416 e. The number of hydrogen-bond donors (Lipinski definition) is 4. The average Bonchev–Trinajstić information content (AvgIpc) is 2.88. The van der Waals surface area contributed by atoms with Crippen LogP contribution in [-0.2, 0) is 16.1 Å². The fraction of sp³-hybridized carbons (Fsp3) is 0.208. The van der Waals surface area contributed by atoms with E-state index in [-0.39, 0.29) is 49.6 Å². The molecule has 0 aliphatic carbocycles. The molecule has 0 unspecified atom stereocenters. The van der Waals surface area contributed by atoms with E-state index in [0.717, 1.165) is 0 Å². The molecule has 0 bridgehead atoms. The molecule has 0 fully saturated rings. The number of carbonyl (C=O) groups is 2. The monoisotopic (exact) mass is 493 g/mol. The Balaban J connectivity index is 1.62. The van der Waals surface area contributed by atoms with Gasteiger partial charge in [0.25, 0.3) is 0 Å². The van der Waals surface area contributed by atoms with E-state index >= 15 is 0 Å². The highest BCUT2D eigenvalue weighted by molar-refractivity contribution is 5.90. The van der Waals surface area contributed by atoms with Crippen molar-refractivity contribution in [1.82, 2.24) is 4.98 Å². The van der Waals surface area contributed by atoms with Crippen LogP contribution in [-0.4, -0.2) is 42.5 Å². The van der Waals surface area contributed by atoms with Gasteiger partial charge in [-0.3, -0.25) is 9.69 Å². The molecule has 188 valence electrons. The number of azo groups is 1. The quantitative estimate of drug-likeness (QED) is 0.245. The van der Waals surface area contributed by atoms with Crippen molar-refractivity contribution in [3.05, 3.63) is 66.2 Å². The van der Waals surface area contributed by atoms with Gasteiger partial charge in [0.05, 0.1) is 12.3 Å². The highest BCUT2D eigenvalue weighted by Crippen LogP contribution is 2.30. The minimum atomic E-state index is -0.660. The molecule has 0 aliphatic heterocycles. The number of benzene rings is 2. The molecule has 3 rings (SSSR count). The zero-order valence-electron chi connectivity index (χ0n) is 19.6. The lowest BCUT2D eigenvalue weighted by Gasteiger charge is -2.19. The molecule has 0 spiro atoms.